The highest BCUT2D eigenvalue weighted by molar-refractivity contribution is 5.88. The Balaban J connectivity index is -0.000000546. The third-order valence-corrected chi connectivity index (χ3v) is 3.58. The molecule has 0 saturated heterocycles. The number of ether oxygens (including phenoxy) is 3. The lowest BCUT2D eigenvalue weighted by atomic mass is 9.99. The van der Waals surface area contributed by atoms with Crippen LogP contribution in [0.4, 0.5) is 0 Å². The van der Waals surface area contributed by atoms with E-state index in [0.717, 1.165) is 12.2 Å². The molecule has 13 nitrogen and oxygen atoms in total. The second-order valence-corrected chi connectivity index (χ2v) is 7.31. The molecule has 0 fully saturated rings. The minimum atomic E-state index is -1.98. The molecule has 0 bridgehead atoms. The number of carbonyl (C=O) groups excluding carboxylic acids is 2. The Morgan fingerprint density at radius 1 is 0.703 bits per heavy atom. The Kier molecular flexibility index (Phi) is 22.6. The first-order valence-electron chi connectivity index (χ1n) is 10.7. The van der Waals surface area contributed by atoms with Crippen LogP contribution in [0.25, 0.3) is 0 Å². The van der Waals surface area contributed by atoms with Gasteiger partial charge in [-0.25, -0.2) is 19.2 Å². The summed E-state index contributed by atoms with van der Waals surface area (Å²) in [6, 6.07) is 0. The topological polar surface area (TPSA) is 217 Å². The highest BCUT2D eigenvalue weighted by Gasteiger charge is 2.23. The van der Waals surface area contributed by atoms with Crippen LogP contribution in [0.15, 0.2) is 47.6 Å². The van der Waals surface area contributed by atoms with Gasteiger partial charge in [-0.05, 0) is 39.8 Å². The monoisotopic (exact) mass is 534 g/mol. The van der Waals surface area contributed by atoms with Gasteiger partial charge in [0.25, 0.3) is 0 Å². The van der Waals surface area contributed by atoms with Crippen molar-refractivity contribution >= 4 is 23.9 Å². The molecule has 0 unspecified atom stereocenters. The molecule has 212 valence electrons. The first-order chi connectivity index (χ1) is 17.1. The van der Waals surface area contributed by atoms with Crippen LogP contribution in [0.1, 0.15) is 27.7 Å². The molecule has 0 aliphatic carbocycles. The third-order valence-electron chi connectivity index (χ3n) is 3.58. The van der Waals surface area contributed by atoms with Gasteiger partial charge in [-0.2, -0.15) is 0 Å². The normalized spacial score (nSPS) is 12.4. The van der Waals surface area contributed by atoms with Crippen LogP contribution in [0.5, 0.6) is 0 Å². The van der Waals surface area contributed by atoms with Gasteiger partial charge in [0, 0.05) is 22.3 Å². The highest BCUT2D eigenvalue weighted by atomic mass is 16.6. The van der Waals surface area contributed by atoms with E-state index in [-0.39, 0.29) is 50.8 Å². The maximum Gasteiger partial charge on any atom is 0.333 e. The molecule has 0 aromatic carbocycles. The van der Waals surface area contributed by atoms with E-state index >= 15 is 0 Å². The first-order valence-corrected chi connectivity index (χ1v) is 10.7. The summed E-state index contributed by atoms with van der Waals surface area (Å²) in [4.78, 5) is 42.9. The average Bonchev–Trinajstić information content (AvgIpc) is 2.83. The maximum absolute atomic E-state index is 10.9. The van der Waals surface area contributed by atoms with Gasteiger partial charge in [0.15, 0.2) is 0 Å². The van der Waals surface area contributed by atoms with Crippen molar-refractivity contribution in [2.75, 3.05) is 46.2 Å². The summed E-state index contributed by atoms with van der Waals surface area (Å²) in [6.45, 7) is 12.2. The quantitative estimate of drug-likeness (QED) is 0.0982. The number of carbonyl (C=O) groups is 4. The molecular formula is C24H38O13. The van der Waals surface area contributed by atoms with Crippen LogP contribution in [-0.4, -0.2) is 106 Å². The van der Waals surface area contributed by atoms with E-state index in [1.165, 1.54) is 13.8 Å². The van der Waals surface area contributed by atoms with Crippen molar-refractivity contribution in [1.29, 1.82) is 0 Å². The van der Waals surface area contributed by atoms with Crippen molar-refractivity contribution in [3.63, 3.8) is 0 Å². The molecule has 0 aromatic rings. The average molecular weight is 535 g/mol. The number of carboxylic acids is 2. The molecule has 0 heterocycles. The molecule has 6 N–H and O–H groups in total. The summed E-state index contributed by atoms with van der Waals surface area (Å²) in [6.07, 6.45) is 1.78. The van der Waals surface area contributed by atoms with Crippen LogP contribution in [-0.2, 0) is 33.4 Å². The first kappa shape index (κ1) is 38.2. The zero-order chi connectivity index (χ0) is 29.6. The number of carboxylic acid groups (broad SMARTS) is 2. The number of aliphatic carboxylic acids is 2. The lowest BCUT2D eigenvalue weighted by molar-refractivity contribution is -0.142. The highest BCUT2D eigenvalue weighted by Crippen LogP contribution is 2.14. The molecule has 0 rings (SSSR count). The van der Waals surface area contributed by atoms with E-state index < -0.39 is 36.1 Å². The van der Waals surface area contributed by atoms with Gasteiger partial charge >= 0.3 is 23.9 Å². The van der Waals surface area contributed by atoms with Crippen molar-refractivity contribution in [3.05, 3.63) is 47.6 Å². The predicted octanol–water partition coefficient (Wildman–Crippen LogP) is -0.0158. The zero-order valence-corrected chi connectivity index (χ0v) is 21.6. The summed E-state index contributed by atoms with van der Waals surface area (Å²) >= 11 is 0. The third kappa shape index (κ3) is 22.8. The molecular weight excluding hydrogens is 496 g/mol. The van der Waals surface area contributed by atoms with Gasteiger partial charge in [-0.1, -0.05) is 13.2 Å². The Morgan fingerprint density at radius 2 is 1.03 bits per heavy atom. The summed E-state index contributed by atoms with van der Waals surface area (Å²) in [5, 5.41) is 51.1. The second kappa shape index (κ2) is 21.9. The lowest BCUT2D eigenvalue weighted by Crippen LogP contribution is -2.30. The van der Waals surface area contributed by atoms with Crippen LogP contribution >= 0.6 is 0 Å². The van der Waals surface area contributed by atoms with Crippen molar-refractivity contribution in [2.45, 2.75) is 33.3 Å². The predicted molar refractivity (Wildman–Crippen MR) is 131 cm³/mol. The van der Waals surface area contributed by atoms with E-state index in [2.05, 4.69) is 13.2 Å². The van der Waals surface area contributed by atoms with Crippen LogP contribution < -0.4 is 0 Å². The molecule has 0 spiro atoms. The van der Waals surface area contributed by atoms with Gasteiger partial charge < -0.3 is 44.8 Å². The van der Waals surface area contributed by atoms with Crippen LogP contribution in [0, 0.1) is 0 Å². The SMILES string of the molecule is C=C(C)C(=O)OCCOCCOC(=O)C(=C)C.CC(=CC(O)(C=C(C)C(=O)O)CO)C(=O)O.OCCO. The Hall–Kier alpha value is -3.36. The van der Waals surface area contributed by atoms with E-state index in [9.17, 15) is 24.3 Å². The van der Waals surface area contributed by atoms with Gasteiger partial charge in [0.05, 0.1) is 33.0 Å². The van der Waals surface area contributed by atoms with Crippen LogP contribution in [0.3, 0.4) is 0 Å². The second-order valence-electron chi connectivity index (χ2n) is 7.31. The molecule has 0 atom stereocenters. The molecule has 13 heteroatoms. The number of rotatable bonds is 14. The largest absolute Gasteiger partial charge is 0.478 e. The van der Waals surface area contributed by atoms with Gasteiger partial charge in [0.1, 0.15) is 18.8 Å². The fourth-order valence-electron chi connectivity index (χ4n) is 1.74. The van der Waals surface area contributed by atoms with Crippen LogP contribution in [0.2, 0.25) is 0 Å². The number of hydrogen-bond donors (Lipinski definition) is 6. The minimum absolute atomic E-state index is 0.125. The number of aliphatic hydroxyl groups is 4. The Labute approximate surface area is 215 Å². The Bertz CT molecular complexity index is 762. The lowest BCUT2D eigenvalue weighted by Gasteiger charge is -2.18. The fourth-order valence-corrected chi connectivity index (χ4v) is 1.74. The van der Waals surface area contributed by atoms with E-state index in [4.69, 9.17) is 39.7 Å². The molecule has 0 aromatic heterocycles. The van der Waals surface area contributed by atoms with E-state index in [0.29, 0.717) is 11.1 Å². The summed E-state index contributed by atoms with van der Waals surface area (Å²) in [5.41, 5.74) is -1.66. The number of esters is 2. The number of hydrogen-bond acceptors (Lipinski definition) is 11. The van der Waals surface area contributed by atoms with E-state index in [1.54, 1.807) is 13.8 Å². The smallest absolute Gasteiger partial charge is 0.333 e. The molecule has 0 saturated carbocycles. The van der Waals surface area contributed by atoms with Crippen molar-refractivity contribution in [1.82, 2.24) is 0 Å². The van der Waals surface area contributed by atoms with Gasteiger partial charge in [-0.3, -0.25) is 0 Å². The summed E-state index contributed by atoms with van der Waals surface area (Å²) in [5.74, 6) is -3.40. The van der Waals surface area contributed by atoms with Gasteiger partial charge in [0.2, 0.25) is 0 Å². The number of aliphatic hydroxyl groups excluding tert-OH is 3. The van der Waals surface area contributed by atoms with Crippen molar-refractivity contribution in [3.8, 4) is 0 Å². The summed E-state index contributed by atoms with van der Waals surface area (Å²) in [7, 11) is 0. The van der Waals surface area contributed by atoms with E-state index in [1.807, 2.05) is 0 Å². The van der Waals surface area contributed by atoms with Gasteiger partial charge in [-0.15, -0.1) is 0 Å². The molecule has 0 aliphatic rings. The molecule has 37 heavy (non-hydrogen) atoms. The van der Waals surface area contributed by atoms with Crippen molar-refractivity contribution < 1.29 is 64.0 Å². The molecule has 0 radical (unpaired) electrons. The minimum Gasteiger partial charge on any atom is -0.478 e. The Morgan fingerprint density at radius 3 is 1.24 bits per heavy atom. The zero-order valence-electron chi connectivity index (χ0n) is 21.6. The maximum atomic E-state index is 10.9. The van der Waals surface area contributed by atoms with Crippen molar-refractivity contribution in [2.24, 2.45) is 0 Å². The standard InChI is InChI=1S/C12H18O5.C10H14O6.C2H6O2/c1-9(2)11(13)16-7-5-15-6-8-17-12(14)10(3)4;1-6(8(12)13)3-10(16,5-11)4-7(2)9(14)15;3-1-2-4/h1,3,5-8H2,2,4H3;3-4,11,16H,5H2,1-2H3,(H,12,13)(H,14,15);3-4H,1-2H2. The molecule has 0 amide bonds. The fraction of sp³-hybridized carbons (Fsp3) is 0.500. The summed E-state index contributed by atoms with van der Waals surface area (Å²) < 4.78 is 14.6. The molecule has 0 aliphatic heterocycles.